The molecular formula is C19H22N4O5S. The molecule has 1 saturated heterocycles. The van der Waals surface area contributed by atoms with Crippen molar-refractivity contribution in [1.29, 1.82) is 0 Å². The van der Waals surface area contributed by atoms with Gasteiger partial charge in [0.05, 0.1) is 25.0 Å². The fraction of sp³-hybridized carbons (Fsp3) is 0.421. The molecule has 0 atom stereocenters. The molecule has 1 fully saturated rings. The van der Waals surface area contributed by atoms with E-state index >= 15 is 0 Å². The van der Waals surface area contributed by atoms with Gasteiger partial charge in [-0.3, -0.25) is 14.2 Å². The van der Waals surface area contributed by atoms with Crippen molar-refractivity contribution in [3.8, 4) is 5.69 Å². The Morgan fingerprint density at radius 1 is 1.14 bits per heavy atom. The molecule has 1 aromatic heterocycles. The lowest BCUT2D eigenvalue weighted by atomic mass is 10.1. The molecule has 1 amide bonds. The molecule has 2 aliphatic rings. The predicted octanol–water partition coefficient (Wildman–Crippen LogP) is 1.18. The van der Waals surface area contributed by atoms with Gasteiger partial charge in [-0.1, -0.05) is 12.1 Å². The number of imidazole rings is 1. The Kier molecular flexibility index (Phi) is 5.13. The molecule has 3 heterocycles. The highest BCUT2D eigenvalue weighted by Gasteiger charge is 2.36. The zero-order valence-corrected chi connectivity index (χ0v) is 16.9. The second kappa shape index (κ2) is 7.60. The van der Waals surface area contributed by atoms with E-state index in [4.69, 9.17) is 0 Å². The molecule has 9 nitrogen and oxygen atoms in total. The van der Waals surface area contributed by atoms with Gasteiger partial charge in [0.2, 0.25) is 10.0 Å². The van der Waals surface area contributed by atoms with Crippen molar-refractivity contribution in [2.75, 3.05) is 26.7 Å². The first kappa shape index (κ1) is 19.6. The van der Waals surface area contributed by atoms with E-state index in [0.717, 1.165) is 23.6 Å². The highest BCUT2D eigenvalue weighted by atomic mass is 32.2. The number of sulfonamides is 1. The van der Waals surface area contributed by atoms with Crippen LogP contribution in [0.1, 0.15) is 35.4 Å². The molecule has 4 rings (SSSR count). The number of hydrogen-bond donors (Lipinski definition) is 0. The first-order chi connectivity index (χ1) is 13.9. The smallest absolute Gasteiger partial charge is 0.321 e. The Balaban J connectivity index is 1.83. The van der Waals surface area contributed by atoms with Crippen molar-refractivity contribution in [3.63, 3.8) is 0 Å². The van der Waals surface area contributed by atoms with E-state index in [0.29, 0.717) is 24.5 Å². The van der Waals surface area contributed by atoms with Crippen molar-refractivity contribution in [3.05, 3.63) is 42.0 Å². The van der Waals surface area contributed by atoms with Crippen LogP contribution < -0.4 is 0 Å². The highest BCUT2D eigenvalue weighted by Crippen LogP contribution is 2.31. The summed E-state index contributed by atoms with van der Waals surface area (Å²) in [5.74, 6) is -0.892. The number of likely N-dealkylation sites (tertiary alicyclic amines) is 1. The minimum Gasteiger partial charge on any atom is -0.468 e. The van der Waals surface area contributed by atoms with Gasteiger partial charge in [-0.25, -0.2) is 13.4 Å². The monoisotopic (exact) mass is 418 g/mol. The number of esters is 1. The van der Waals surface area contributed by atoms with Crippen LogP contribution in [0.15, 0.2) is 35.5 Å². The van der Waals surface area contributed by atoms with Crippen molar-refractivity contribution < 1.29 is 22.7 Å². The number of carbonyl (C=O) groups excluding carboxylic acids is 2. The van der Waals surface area contributed by atoms with Gasteiger partial charge >= 0.3 is 5.97 Å². The van der Waals surface area contributed by atoms with Gasteiger partial charge in [0, 0.05) is 13.1 Å². The molecule has 2 aliphatic heterocycles. The summed E-state index contributed by atoms with van der Waals surface area (Å²) in [6.45, 7) is 0.717. The standard InChI is InChI=1S/C19H22N4O5S/c1-28-17(24)12-22-11-15-18(19(25)21-9-5-2-6-10-21)20-13-23(15)14-7-3-4-8-16(14)29(22,26)27/h3-4,7-8,13H,2,5-6,9-12H2,1H3. The molecule has 0 aliphatic carbocycles. The summed E-state index contributed by atoms with van der Waals surface area (Å²) >= 11 is 0. The van der Waals surface area contributed by atoms with Gasteiger partial charge in [0.1, 0.15) is 17.8 Å². The number of aromatic nitrogens is 2. The Hall–Kier alpha value is -2.72. The molecule has 29 heavy (non-hydrogen) atoms. The molecule has 154 valence electrons. The first-order valence-corrected chi connectivity index (χ1v) is 10.9. The second-order valence-corrected chi connectivity index (χ2v) is 8.99. The molecule has 0 radical (unpaired) electrons. The highest BCUT2D eigenvalue weighted by molar-refractivity contribution is 7.89. The topological polar surface area (TPSA) is 102 Å². The third kappa shape index (κ3) is 3.42. The molecule has 0 bridgehead atoms. The zero-order valence-electron chi connectivity index (χ0n) is 16.1. The summed E-state index contributed by atoms with van der Waals surface area (Å²) in [7, 11) is -2.77. The van der Waals surface area contributed by atoms with Gasteiger partial charge in [-0.15, -0.1) is 0 Å². The third-order valence-corrected chi connectivity index (χ3v) is 7.15. The Morgan fingerprint density at radius 2 is 1.86 bits per heavy atom. The van der Waals surface area contributed by atoms with Crippen molar-refractivity contribution in [1.82, 2.24) is 18.8 Å². The van der Waals surface area contributed by atoms with Gasteiger partial charge < -0.3 is 9.64 Å². The molecule has 0 spiro atoms. The molecule has 2 aromatic rings. The van der Waals surface area contributed by atoms with Crippen LogP contribution in [-0.4, -0.2) is 65.8 Å². The Morgan fingerprint density at radius 3 is 2.59 bits per heavy atom. The number of methoxy groups -OCH3 is 1. The number of ether oxygens (including phenoxy) is 1. The summed E-state index contributed by atoms with van der Waals surface area (Å²) in [6, 6.07) is 6.49. The van der Waals surface area contributed by atoms with E-state index in [9.17, 15) is 18.0 Å². The van der Waals surface area contributed by atoms with Crippen LogP contribution in [0.2, 0.25) is 0 Å². The maximum atomic E-state index is 13.2. The van der Waals surface area contributed by atoms with E-state index in [1.54, 1.807) is 27.7 Å². The van der Waals surface area contributed by atoms with Crippen LogP contribution in [0.25, 0.3) is 5.69 Å². The number of piperidine rings is 1. The summed E-state index contributed by atoms with van der Waals surface area (Å²) in [5.41, 5.74) is 1.06. The van der Waals surface area contributed by atoms with Crippen LogP contribution >= 0.6 is 0 Å². The van der Waals surface area contributed by atoms with E-state index in [-0.39, 0.29) is 23.0 Å². The SMILES string of the molecule is COC(=O)CN1Cc2c(C(=O)N3CCCCC3)ncn2-c2ccccc2S1(=O)=O. The number of fused-ring (bicyclic) bond motifs is 3. The molecule has 1 aromatic carbocycles. The lowest BCUT2D eigenvalue weighted by Crippen LogP contribution is -2.38. The summed E-state index contributed by atoms with van der Waals surface area (Å²) < 4.78 is 33.8. The summed E-state index contributed by atoms with van der Waals surface area (Å²) in [6.07, 6.45) is 4.44. The molecule has 10 heteroatoms. The summed E-state index contributed by atoms with van der Waals surface area (Å²) in [5, 5.41) is 0. The Bertz CT molecular complexity index is 1060. The lowest BCUT2D eigenvalue weighted by molar-refractivity contribution is -0.140. The van der Waals surface area contributed by atoms with Crippen molar-refractivity contribution in [2.45, 2.75) is 30.7 Å². The fourth-order valence-electron chi connectivity index (χ4n) is 3.77. The second-order valence-electron chi connectivity index (χ2n) is 7.08. The van der Waals surface area contributed by atoms with Gasteiger partial charge in [-0.2, -0.15) is 4.31 Å². The van der Waals surface area contributed by atoms with Crippen LogP contribution in [0.4, 0.5) is 0 Å². The van der Waals surface area contributed by atoms with Crippen molar-refractivity contribution in [2.24, 2.45) is 0 Å². The van der Waals surface area contributed by atoms with Crippen molar-refractivity contribution >= 4 is 21.9 Å². The molecule has 0 saturated carbocycles. The van der Waals surface area contributed by atoms with Crippen LogP contribution in [0.5, 0.6) is 0 Å². The van der Waals surface area contributed by atoms with E-state index < -0.39 is 22.5 Å². The Labute approximate surface area is 168 Å². The van der Waals surface area contributed by atoms with E-state index in [1.165, 1.54) is 19.5 Å². The molecule has 0 unspecified atom stereocenters. The number of rotatable bonds is 3. The van der Waals surface area contributed by atoms with Crippen LogP contribution in [0.3, 0.4) is 0 Å². The quantitative estimate of drug-likeness (QED) is 0.694. The fourth-order valence-corrected chi connectivity index (χ4v) is 5.30. The van der Waals surface area contributed by atoms with Gasteiger partial charge in [-0.05, 0) is 31.4 Å². The largest absolute Gasteiger partial charge is 0.468 e. The summed E-state index contributed by atoms with van der Waals surface area (Å²) in [4.78, 5) is 31.1. The minimum atomic E-state index is -3.97. The zero-order chi connectivity index (χ0) is 20.6. The maximum absolute atomic E-state index is 13.2. The maximum Gasteiger partial charge on any atom is 0.321 e. The van der Waals surface area contributed by atoms with Crippen LogP contribution in [0, 0.1) is 0 Å². The molecule has 0 N–H and O–H groups in total. The van der Waals surface area contributed by atoms with E-state index in [1.807, 2.05) is 0 Å². The van der Waals surface area contributed by atoms with Gasteiger partial charge in [0.25, 0.3) is 5.91 Å². The number of hydrogen-bond acceptors (Lipinski definition) is 6. The number of carbonyl (C=O) groups is 2. The normalized spacial score (nSPS) is 18.4. The van der Waals surface area contributed by atoms with Crippen LogP contribution in [-0.2, 0) is 26.1 Å². The minimum absolute atomic E-state index is 0.0528. The average Bonchev–Trinajstić information content (AvgIpc) is 3.13. The average molecular weight is 418 g/mol. The number of benzene rings is 1. The third-order valence-electron chi connectivity index (χ3n) is 5.31. The van der Waals surface area contributed by atoms with E-state index in [2.05, 4.69) is 9.72 Å². The predicted molar refractivity (Wildman–Crippen MR) is 103 cm³/mol. The number of nitrogens with zero attached hydrogens (tertiary/aromatic N) is 4. The number of amides is 1. The lowest BCUT2D eigenvalue weighted by Gasteiger charge is -2.26. The first-order valence-electron chi connectivity index (χ1n) is 9.45. The number of para-hydroxylation sites is 1. The van der Waals surface area contributed by atoms with Gasteiger partial charge in [0.15, 0.2) is 5.69 Å². The molecular weight excluding hydrogens is 396 g/mol.